The summed E-state index contributed by atoms with van der Waals surface area (Å²) in [5, 5.41) is 9.15. The van der Waals surface area contributed by atoms with Gasteiger partial charge in [-0.1, -0.05) is 18.2 Å². The molecule has 5 rings (SSSR count). The minimum atomic E-state index is -0.709. The van der Waals surface area contributed by atoms with Crippen LogP contribution in [0.2, 0.25) is 0 Å². The van der Waals surface area contributed by atoms with Crippen molar-refractivity contribution in [3.05, 3.63) is 52.8 Å². The maximum atomic E-state index is 14.4. The third-order valence-electron chi connectivity index (χ3n) is 6.22. The van der Waals surface area contributed by atoms with Crippen LogP contribution in [0.4, 0.5) is 10.2 Å². The summed E-state index contributed by atoms with van der Waals surface area (Å²) in [6, 6.07) is 9.26. The molecule has 1 aliphatic heterocycles. The lowest BCUT2D eigenvalue weighted by Crippen LogP contribution is -2.32. The summed E-state index contributed by atoms with van der Waals surface area (Å²) in [6.07, 6.45) is 4.99. The highest BCUT2D eigenvalue weighted by molar-refractivity contribution is 5.75. The molecule has 1 aromatic carbocycles. The van der Waals surface area contributed by atoms with Gasteiger partial charge in [-0.15, -0.1) is 0 Å². The van der Waals surface area contributed by atoms with Gasteiger partial charge in [0.15, 0.2) is 11.6 Å². The SMILES string of the molecule is O=C(O)[C@H]1C[C@@H]1c1ccc2c(c1)CCN(c1nc(OC3CCC3)ccc1F)C2. The number of ether oxygens (including phenoxy) is 1. The molecule has 1 N–H and O–H groups in total. The minimum Gasteiger partial charge on any atom is -0.481 e. The van der Waals surface area contributed by atoms with E-state index >= 15 is 0 Å². The van der Waals surface area contributed by atoms with Crippen molar-refractivity contribution in [2.24, 2.45) is 5.92 Å². The summed E-state index contributed by atoms with van der Waals surface area (Å²) < 4.78 is 20.3. The first kappa shape index (κ1) is 17.5. The van der Waals surface area contributed by atoms with Gasteiger partial charge in [-0.3, -0.25) is 4.79 Å². The monoisotopic (exact) mass is 382 g/mol. The van der Waals surface area contributed by atoms with E-state index in [2.05, 4.69) is 17.1 Å². The first-order valence-electron chi connectivity index (χ1n) is 10.0. The molecule has 146 valence electrons. The van der Waals surface area contributed by atoms with Crippen molar-refractivity contribution in [1.82, 2.24) is 4.98 Å². The molecule has 2 aliphatic carbocycles. The average molecular weight is 382 g/mol. The number of nitrogens with zero attached hydrogens (tertiary/aromatic N) is 2. The van der Waals surface area contributed by atoms with Crippen LogP contribution in [0.3, 0.4) is 0 Å². The molecule has 1 aromatic heterocycles. The summed E-state index contributed by atoms with van der Waals surface area (Å²) in [7, 11) is 0. The van der Waals surface area contributed by atoms with Crippen molar-refractivity contribution in [1.29, 1.82) is 0 Å². The molecule has 2 aromatic rings. The molecular weight excluding hydrogens is 359 g/mol. The lowest BCUT2D eigenvalue weighted by atomic mass is 9.95. The molecule has 0 spiro atoms. The largest absolute Gasteiger partial charge is 0.481 e. The molecule has 5 nitrogen and oxygen atoms in total. The summed E-state index contributed by atoms with van der Waals surface area (Å²) >= 11 is 0. The first-order valence-corrected chi connectivity index (χ1v) is 10.0. The van der Waals surface area contributed by atoms with Crippen LogP contribution in [0.25, 0.3) is 0 Å². The highest BCUT2D eigenvalue weighted by atomic mass is 19.1. The van der Waals surface area contributed by atoms with E-state index in [-0.39, 0.29) is 23.8 Å². The third-order valence-corrected chi connectivity index (χ3v) is 6.22. The molecule has 6 heteroatoms. The Bertz CT molecular complexity index is 928. The van der Waals surface area contributed by atoms with E-state index in [0.717, 1.165) is 36.8 Å². The molecule has 0 saturated heterocycles. The van der Waals surface area contributed by atoms with E-state index < -0.39 is 5.97 Å². The number of carboxylic acids is 1. The third kappa shape index (κ3) is 3.21. The quantitative estimate of drug-likeness (QED) is 0.850. The van der Waals surface area contributed by atoms with E-state index in [1.165, 1.54) is 18.1 Å². The Morgan fingerprint density at radius 2 is 2.07 bits per heavy atom. The van der Waals surface area contributed by atoms with E-state index in [0.29, 0.717) is 24.8 Å². The van der Waals surface area contributed by atoms with Crippen molar-refractivity contribution >= 4 is 11.8 Å². The number of carbonyl (C=O) groups is 1. The first-order chi connectivity index (χ1) is 13.6. The smallest absolute Gasteiger partial charge is 0.307 e. The Balaban J connectivity index is 1.33. The number of halogens is 1. The fourth-order valence-corrected chi connectivity index (χ4v) is 4.18. The van der Waals surface area contributed by atoms with Crippen LogP contribution < -0.4 is 9.64 Å². The van der Waals surface area contributed by atoms with Crippen LogP contribution in [-0.2, 0) is 17.8 Å². The standard InChI is InChI=1S/C22H23FN2O3/c23-19-6-7-20(28-16-2-1-3-16)24-21(19)25-9-8-13-10-14(4-5-15(13)12-25)17-11-18(17)22(26)27/h4-7,10,16-18H,1-3,8-9,11-12H2,(H,26,27)/t17-,18+/m1/s1. The second-order valence-corrected chi connectivity index (χ2v) is 8.11. The number of pyridine rings is 1. The van der Waals surface area contributed by atoms with Crippen LogP contribution in [0, 0.1) is 11.7 Å². The Morgan fingerprint density at radius 3 is 2.79 bits per heavy atom. The van der Waals surface area contributed by atoms with E-state index in [4.69, 9.17) is 9.84 Å². The maximum Gasteiger partial charge on any atom is 0.307 e. The fraction of sp³-hybridized carbons (Fsp3) is 0.455. The second kappa shape index (κ2) is 6.76. The van der Waals surface area contributed by atoms with Gasteiger partial charge in [0.2, 0.25) is 5.88 Å². The van der Waals surface area contributed by atoms with Crippen LogP contribution in [0.1, 0.15) is 48.3 Å². The van der Waals surface area contributed by atoms with Crippen molar-refractivity contribution in [2.75, 3.05) is 11.4 Å². The molecule has 28 heavy (non-hydrogen) atoms. The summed E-state index contributed by atoms with van der Waals surface area (Å²) in [4.78, 5) is 17.5. The van der Waals surface area contributed by atoms with Crippen molar-refractivity contribution in [2.45, 2.75) is 50.7 Å². The molecule has 0 unspecified atom stereocenters. The van der Waals surface area contributed by atoms with Gasteiger partial charge >= 0.3 is 5.97 Å². The summed E-state index contributed by atoms with van der Waals surface area (Å²) in [6.45, 7) is 1.28. The molecule has 2 fully saturated rings. The second-order valence-electron chi connectivity index (χ2n) is 8.11. The Hall–Kier alpha value is -2.63. The van der Waals surface area contributed by atoms with Crippen LogP contribution in [-0.4, -0.2) is 28.7 Å². The summed E-state index contributed by atoms with van der Waals surface area (Å²) in [5.74, 6) is -0.298. The zero-order valence-electron chi connectivity index (χ0n) is 15.6. The molecule has 2 heterocycles. The number of rotatable bonds is 5. The van der Waals surface area contributed by atoms with Crippen molar-refractivity contribution < 1.29 is 19.0 Å². The molecule has 2 saturated carbocycles. The number of aliphatic carboxylic acids is 1. The Labute approximate surface area is 163 Å². The Morgan fingerprint density at radius 1 is 1.21 bits per heavy atom. The van der Waals surface area contributed by atoms with Gasteiger partial charge in [-0.05, 0) is 60.8 Å². The zero-order chi connectivity index (χ0) is 19.3. The van der Waals surface area contributed by atoms with Crippen molar-refractivity contribution in [3.8, 4) is 5.88 Å². The number of carboxylic acid groups (broad SMARTS) is 1. The highest BCUT2D eigenvalue weighted by Crippen LogP contribution is 2.48. The number of hydrogen-bond acceptors (Lipinski definition) is 4. The van der Waals surface area contributed by atoms with E-state index in [9.17, 15) is 9.18 Å². The topological polar surface area (TPSA) is 62.7 Å². The molecule has 2 atom stereocenters. The predicted octanol–water partition coefficient (Wildman–Crippen LogP) is 3.90. The summed E-state index contributed by atoms with van der Waals surface area (Å²) in [5.41, 5.74) is 3.49. The zero-order valence-corrected chi connectivity index (χ0v) is 15.6. The van der Waals surface area contributed by atoms with Gasteiger partial charge < -0.3 is 14.7 Å². The number of fused-ring (bicyclic) bond motifs is 1. The normalized spacial score (nSPS) is 23.7. The van der Waals surface area contributed by atoms with Crippen LogP contribution >= 0.6 is 0 Å². The van der Waals surface area contributed by atoms with E-state index in [1.807, 2.05) is 11.0 Å². The highest BCUT2D eigenvalue weighted by Gasteiger charge is 2.44. The van der Waals surface area contributed by atoms with Gasteiger partial charge in [0, 0.05) is 19.2 Å². The van der Waals surface area contributed by atoms with Gasteiger partial charge in [-0.2, -0.15) is 4.98 Å². The number of hydrogen-bond donors (Lipinski definition) is 1. The van der Waals surface area contributed by atoms with Gasteiger partial charge in [0.1, 0.15) is 6.10 Å². The van der Waals surface area contributed by atoms with Crippen molar-refractivity contribution in [3.63, 3.8) is 0 Å². The lowest BCUT2D eigenvalue weighted by Gasteiger charge is -2.31. The van der Waals surface area contributed by atoms with Gasteiger partial charge in [0.25, 0.3) is 0 Å². The molecular formula is C22H23FN2O3. The molecule has 0 bridgehead atoms. The average Bonchev–Trinajstić information content (AvgIpc) is 3.46. The number of benzene rings is 1. The molecule has 0 radical (unpaired) electrons. The lowest BCUT2D eigenvalue weighted by molar-refractivity contribution is -0.138. The van der Waals surface area contributed by atoms with Gasteiger partial charge in [0.05, 0.1) is 5.92 Å². The van der Waals surface area contributed by atoms with E-state index in [1.54, 1.807) is 6.07 Å². The Kier molecular flexibility index (Phi) is 4.22. The fourth-order valence-electron chi connectivity index (χ4n) is 4.18. The van der Waals surface area contributed by atoms with Crippen LogP contribution in [0.5, 0.6) is 5.88 Å². The maximum absolute atomic E-state index is 14.4. The van der Waals surface area contributed by atoms with Crippen LogP contribution in [0.15, 0.2) is 30.3 Å². The number of anilines is 1. The minimum absolute atomic E-state index is 0.139. The predicted molar refractivity (Wildman–Crippen MR) is 102 cm³/mol. The van der Waals surface area contributed by atoms with Gasteiger partial charge in [-0.25, -0.2) is 4.39 Å². The molecule has 0 amide bonds. The molecule has 3 aliphatic rings. The number of aromatic nitrogens is 1.